The quantitative estimate of drug-likeness (QED) is 0.829. The van der Waals surface area contributed by atoms with Crippen LogP contribution in [-0.2, 0) is 11.3 Å². The van der Waals surface area contributed by atoms with Crippen LogP contribution in [0.1, 0.15) is 24.8 Å². The van der Waals surface area contributed by atoms with E-state index in [1.54, 1.807) is 11.3 Å². The third kappa shape index (κ3) is 3.08. The minimum Gasteiger partial charge on any atom is -0.377 e. The van der Waals surface area contributed by atoms with Crippen molar-refractivity contribution in [3.05, 3.63) is 22.4 Å². The summed E-state index contributed by atoms with van der Waals surface area (Å²) in [7, 11) is 0. The second kappa shape index (κ2) is 5.76. The van der Waals surface area contributed by atoms with Crippen molar-refractivity contribution in [1.29, 1.82) is 0 Å². The Hall–Kier alpha value is -0.420. The molecule has 4 rings (SSSR count). The highest BCUT2D eigenvalue weighted by atomic mass is 32.1. The molecule has 0 N–H and O–H groups in total. The first-order valence-electron chi connectivity index (χ1n) is 7.96. The monoisotopic (exact) mass is 292 g/mol. The summed E-state index contributed by atoms with van der Waals surface area (Å²) >= 11 is 1.81. The molecule has 1 saturated carbocycles. The van der Waals surface area contributed by atoms with E-state index in [1.165, 1.54) is 51.0 Å². The molecule has 3 aliphatic rings. The van der Waals surface area contributed by atoms with Crippen LogP contribution < -0.4 is 0 Å². The molecule has 1 aromatic rings. The lowest BCUT2D eigenvalue weighted by Crippen LogP contribution is -2.49. The molecule has 0 radical (unpaired) electrons. The maximum absolute atomic E-state index is 6.10. The van der Waals surface area contributed by atoms with Crippen LogP contribution in [0.2, 0.25) is 0 Å². The van der Waals surface area contributed by atoms with Crippen LogP contribution in [0.4, 0.5) is 0 Å². The van der Waals surface area contributed by atoms with Crippen molar-refractivity contribution in [2.75, 3.05) is 32.8 Å². The Labute approximate surface area is 125 Å². The summed E-state index contributed by atoms with van der Waals surface area (Å²) < 4.78 is 6.10. The molecule has 20 heavy (non-hydrogen) atoms. The Morgan fingerprint density at radius 1 is 1.25 bits per heavy atom. The molecule has 0 aromatic carbocycles. The highest BCUT2D eigenvalue weighted by molar-refractivity contribution is 7.07. The predicted octanol–water partition coefficient (Wildman–Crippen LogP) is 2.43. The van der Waals surface area contributed by atoms with Crippen LogP contribution in [0, 0.1) is 5.92 Å². The second-order valence-corrected chi connectivity index (χ2v) is 7.43. The summed E-state index contributed by atoms with van der Waals surface area (Å²) in [6.45, 7) is 6.97. The molecule has 2 aliphatic heterocycles. The Balaban J connectivity index is 1.28. The van der Waals surface area contributed by atoms with Crippen molar-refractivity contribution in [3.8, 4) is 0 Å². The van der Waals surface area contributed by atoms with Gasteiger partial charge in [0.25, 0.3) is 0 Å². The summed E-state index contributed by atoms with van der Waals surface area (Å²) in [6.07, 6.45) is 4.54. The molecule has 0 unspecified atom stereocenters. The molecule has 3 nitrogen and oxygen atoms in total. The lowest BCUT2D eigenvalue weighted by molar-refractivity contribution is 0.0508. The topological polar surface area (TPSA) is 15.7 Å². The maximum atomic E-state index is 6.10. The zero-order valence-electron chi connectivity index (χ0n) is 12.0. The minimum absolute atomic E-state index is 0.502. The first-order chi connectivity index (χ1) is 9.87. The molecule has 2 atom stereocenters. The first kappa shape index (κ1) is 13.3. The number of fused-ring (bicyclic) bond motifs is 1. The fourth-order valence-electron chi connectivity index (χ4n) is 3.52. The second-order valence-electron chi connectivity index (χ2n) is 6.65. The van der Waals surface area contributed by atoms with E-state index in [2.05, 4.69) is 26.6 Å². The van der Waals surface area contributed by atoms with E-state index in [0.29, 0.717) is 6.10 Å². The zero-order chi connectivity index (χ0) is 13.4. The van der Waals surface area contributed by atoms with Gasteiger partial charge in [0, 0.05) is 45.4 Å². The number of rotatable bonds is 5. The molecule has 0 bridgehead atoms. The average Bonchev–Trinajstić information content (AvgIpc) is 2.97. The van der Waals surface area contributed by atoms with Crippen molar-refractivity contribution < 1.29 is 4.74 Å². The van der Waals surface area contributed by atoms with E-state index in [0.717, 1.165) is 25.1 Å². The normalized spacial score (nSPS) is 31.6. The molecular weight excluding hydrogens is 268 g/mol. The van der Waals surface area contributed by atoms with Gasteiger partial charge >= 0.3 is 0 Å². The van der Waals surface area contributed by atoms with E-state index in [4.69, 9.17) is 4.74 Å². The molecule has 3 heterocycles. The van der Waals surface area contributed by atoms with Gasteiger partial charge in [0.1, 0.15) is 0 Å². The van der Waals surface area contributed by atoms with Crippen LogP contribution in [0.25, 0.3) is 0 Å². The smallest absolute Gasteiger partial charge is 0.0717 e. The summed E-state index contributed by atoms with van der Waals surface area (Å²) in [4.78, 5) is 5.27. The minimum atomic E-state index is 0.502. The standard InChI is InChI=1S/C16H24N2OS/c1-2-13(1)11-19-16-7-15-9-17(4-5-18(15)10-16)8-14-3-6-20-12-14/h3,6,12-13,15-16H,1-2,4-5,7-11H2/t15-,16+/m0/s1. The van der Waals surface area contributed by atoms with Crippen molar-refractivity contribution >= 4 is 11.3 Å². The van der Waals surface area contributed by atoms with E-state index >= 15 is 0 Å². The van der Waals surface area contributed by atoms with Gasteiger partial charge < -0.3 is 4.74 Å². The Morgan fingerprint density at radius 3 is 3.00 bits per heavy atom. The first-order valence-corrected chi connectivity index (χ1v) is 8.90. The van der Waals surface area contributed by atoms with Gasteiger partial charge in [0.15, 0.2) is 0 Å². The Kier molecular flexibility index (Phi) is 3.82. The maximum Gasteiger partial charge on any atom is 0.0717 e. The average molecular weight is 292 g/mol. The van der Waals surface area contributed by atoms with E-state index in [9.17, 15) is 0 Å². The molecule has 0 amide bonds. The summed E-state index contributed by atoms with van der Waals surface area (Å²) in [5.41, 5.74) is 1.47. The fraction of sp³-hybridized carbons (Fsp3) is 0.750. The molecule has 2 saturated heterocycles. The Morgan fingerprint density at radius 2 is 2.20 bits per heavy atom. The number of hydrogen-bond donors (Lipinski definition) is 0. The number of hydrogen-bond acceptors (Lipinski definition) is 4. The van der Waals surface area contributed by atoms with Crippen molar-refractivity contribution in [1.82, 2.24) is 9.80 Å². The van der Waals surface area contributed by atoms with Gasteiger partial charge in [-0.15, -0.1) is 0 Å². The number of nitrogens with zero attached hydrogens (tertiary/aromatic N) is 2. The third-order valence-electron chi connectivity index (χ3n) is 4.91. The van der Waals surface area contributed by atoms with Crippen LogP contribution >= 0.6 is 11.3 Å². The fourth-order valence-corrected chi connectivity index (χ4v) is 4.18. The molecule has 1 aromatic heterocycles. The number of ether oxygens (including phenoxy) is 1. The van der Waals surface area contributed by atoms with Crippen LogP contribution in [0.15, 0.2) is 16.8 Å². The lowest BCUT2D eigenvalue weighted by atomic mass is 10.1. The highest BCUT2D eigenvalue weighted by Gasteiger charge is 2.37. The summed E-state index contributed by atoms with van der Waals surface area (Å²) in [5.74, 6) is 0.891. The summed E-state index contributed by atoms with van der Waals surface area (Å²) in [6, 6.07) is 2.99. The van der Waals surface area contributed by atoms with Gasteiger partial charge in [-0.2, -0.15) is 11.3 Å². The van der Waals surface area contributed by atoms with Crippen molar-refractivity contribution in [3.63, 3.8) is 0 Å². The highest BCUT2D eigenvalue weighted by Crippen LogP contribution is 2.31. The van der Waals surface area contributed by atoms with Gasteiger partial charge in [-0.1, -0.05) is 0 Å². The van der Waals surface area contributed by atoms with Gasteiger partial charge in [-0.05, 0) is 47.6 Å². The van der Waals surface area contributed by atoms with E-state index in [-0.39, 0.29) is 0 Å². The molecule has 0 spiro atoms. The van der Waals surface area contributed by atoms with E-state index < -0.39 is 0 Å². The van der Waals surface area contributed by atoms with Crippen molar-refractivity contribution in [2.45, 2.75) is 38.0 Å². The largest absolute Gasteiger partial charge is 0.377 e. The third-order valence-corrected chi connectivity index (χ3v) is 5.64. The van der Waals surface area contributed by atoms with Crippen LogP contribution in [0.5, 0.6) is 0 Å². The van der Waals surface area contributed by atoms with Gasteiger partial charge in [-0.3, -0.25) is 9.80 Å². The SMILES string of the molecule is c1cc(CN2CCN3C[C@H](OCC4CC4)C[C@H]3C2)cs1. The molecule has 3 fully saturated rings. The summed E-state index contributed by atoms with van der Waals surface area (Å²) in [5, 5.41) is 4.46. The number of thiophene rings is 1. The molecular formula is C16H24N2OS. The molecule has 4 heteroatoms. The predicted molar refractivity (Wildman–Crippen MR) is 82.0 cm³/mol. The van der Waals surface area contributed by atoms with E-state index in [1.807, 2.05) is 0 Å². The lowest BCUT2D eigenvalue weighted by Gasteiger charge is -2.37. The van der Waals surface area contributed by atoms with Crippen LogP contribution in [0.3, 0.4) is 0 Å². The zero-order valence-corrected chi connectivity index (χ0v) is 12.9. The molecule has 1 aliphatic carbocycles. The van der Waals surface area contributed by atoms with Gasteiger partial charge in [-0.25, -0.2) is 0 Å². The van der Waals surface area contributed by atoms with Crippen molar-refractivity contribution in [2.24, 2.45) is 5.92 Å². The van der Waals surface area contributed by atoms with Gasteiger partial charge in [0.05, 0.1) is 6.10 Å². The molecule has 110 valence electrons. The van der Waals surface area contributed by atoms with Gasteiger partial charge in [0.2, 0.25) is 0 Å². The number of piperazine rings is 1. The van der Waals surface area contributed by atoms with Crippen LogP contribution in [-0.4, -0.2) is 54.7 Å². The Bertz CT molecular complexity index is 432.